The number of rotatable bonds is 7. The number of hydrogen-bond donors (Lipinski definition) is 2. The predicted octanol–water partition coefficient (Wildman–Crippen LogP) is 3.83. The Kier molecular flexibility index (Phi) is 6.18. The molecule has 0 bridgehead atoms. The maximum atomic E-state index is 13.9. The van der Waals surface area contributed by atoms with Gasteiger partial charge in [0.05, 0.1) is 17.8 Å². The third-order valence-corrected chi connectivity index (χ3v) is 5.69. The first-order chi connectivity index (χ1) is 13.4. The van der Waals surface area contributed by atoms with Gasteiger partial charge in [0.1, 0.15) is 11.6 Å². The second-order valence-electron chi connectivity index (χ2n) is 6.40. The van der Waals surface area contributed by atoms with Crippen LogP contribution in [0.1, 0.15) is 28.8 Å². The van der Waals surface area contributed by atoms with Crippen LogP contribution in [0.2, 0.25) is 0 Å². The number of benzene rings is 3. The monoisotopic (exact) mass is 402 g/mol. The predicted molar refractivity (Wildman–Crippen MR) is 105 cm³/mol. The summed E-state index contributed by atoms with van der Waals surface area (Å²) in [6.07, 6.45) is 0. The van der Waals surface area contributed by atoms with Gasteiger partial charge in [-0.05, 0) is 23.3 Å². The minimum Gasteiger partial charge on any atom is -0.322 e. The van der Waals surface area contributed by atoms with E-state index in [-0.39, 0.29) is 0 Å². The van der Waals surface area contributed by atoms with Gasteiger partial charge in [0.25, 0.3) is 0 Å². The highest BCUT2D eigenvalue weighted by atomic mass is 32.2. The van der Waals surface area contributed by atoms with E-state index in [1.54, 1.807) is 54.6 Å². The lowest BCUT2D eigenvalue weighted by Gasteiger charge is -2.26. The first kappa shape index (κ1) is 20.1. The Balaban J connectivity index is 1.93. The molecule has 2 atom stereocenters. The summed E-state index contributed by atoms with van der Waals surface area (Å²) in [4.78, 5) is 0. The molecule has 4 nitrogen and oxygen atoms in total. The van der Waals surface area contributed by atoms with E-state index >= 15 is 0 Å². The Morgan fingerprint density at radius 1 is 0.786 bits per heavy atom. The van der Waals surface area contributed by atoms with E-state index in [1.807, 2.05) is 6.07 Å². The molecule has 0 aliphatic rings. The molecule has 3 N–H and O–H groups in total. The molecule has 7 heteroatoms. The lowest BCUT2D eigenvalue weighted by Crippen LogP contribution is -2.36. The Morgan fingerprint density at radius 3 is 1.82 bits per heavy atom. The van der Waals surface area contributed by atoms with Gasteiger partial charge in [-0.2, -0.15) is 0 Å². The van der Waals surface area contributed by atoms with E-state index in [2.05, 4.69) is 4.72 Å². The first-order valence-corrected chi connectivity index (χ1v) is 10.3. The van der Waals surface area contributed by atoms with E-state index in [4.69, 9.17) is 5.73 Å². The van der Waals surface area contributed by atoms with Crippen molar-refractivity contribution in [3.05, 3.63) is 107 Å². The van der Waals surface area contributed by atoms with Crippen molar-refractivity contribution in [3.63, 3.8) is 0 Å². The standard InChI is InChI=1S/C21H20F2N2O2S/c22-18-12-7-13-19(23)17(18)14-28(26,27)25-21(16-10-5-2-6-11-16)20(24)15-8-3-1-4-9-15/h1-13,20-21,25H,14,24H2. The summed E-state index contributed by atoms with van der Waals surface area (Å²) in [5.41, 5.74) is 7.23. The Bertz CT molecular complexity index is 1010. The minimum atomic E-state index is -4.09. The second-order valence-corrected chi connectivity index (χ2v) is 8.16. The quantitative estimate of drug-likeness (QED) is 0.631. The zero-order valence-corrected chi connectivity index (χ0v) is 15.7. The molecule has 0 aliphatic carbocycles. The molecule has 0 saturated heterocycles. The van der Waals surface area contributed by atoms with Gasteiger partial charge in [0.15, 0.2) is 0 Å². The molecular weight excluding hydrogens is 382 g/mol. The Hall–Kier alpha value is -2.61. The molecule has 2 unspecified atom stereocenters. The first-order valence-electron chi connectivity index (χ1n) is 8.66. The zero-order valence-electron chi connectivity index (χ0n) is 14.9. The van der Waals surface area contributed by atoms with Crippen LogP contribution in [-0.2, 0) is 15.8 Å². The smallest absolute Gasteiger partial charge is 0.216 e. The molecular formula is C21H20F2N2O2S. The van der Waals surface area contributed by atoms with Crippen molar-refractivity contribution in [3.8, 4) is 0 Å². The van der Waals surface area contributed by atoms with Gasteiger partial charge in [-0.15, -0.1) is 0 Å². The maximum absolute atomic E-state index is 13.9. The third-order valence-electron chi connectivity index (χ3n) is 4.40. The maximum Gasteiger partial charge on any atom is 0.216 e. The largest absolute Gasteiger partial charge is 0.322 e. The summed E-state index contributed by atoms with van der Waals surface area (Å²) >= 11 is 0. The molecule has 28 heavy (non-hydrogen) atoms. The van der Waals surface area contributed by atoms with Gasteiger partial charge in [-0.3, -0.25) is 0 Å². The van der Waals surface area contributed by atoms with Crippen molar-refractivity contribution in [2.75, 3.05) is 0 Å². The average molecular weight is 402 g/mol. The molecule has 0 fully saturated rings. The Morgan fingerprint density at radius 2 is 1.29 bits per heavy atom. The van der Waals surface area contributed by atoms with Crippen molar-refractivity contribution in [2.24, 2.45) is 5.73 Å². The SMILES string of the molecule is NC(c1ccccc1)C(NS(=O)(=O)Cc1c(F)cccc1F)c1ccccc1. The Labute approximate surface area is 163 Å². The van der Waals surface area contributed by atoms with Gasteiger partial charge in [-0.25, -0.2) is 21.9 Å². The van der Waals surface area contributed by atoms with E-state index in [9.17, 15) is 17.2 Å². The highest BCUT2D eigenvalue weighted by Crippen LogP contribution is 2.28. The normalized spacial score (nSPS) is 13.8. The van der Waals surface area contributed by atoms with Crippen molar-refractivity contribution in [1.29, 1.82) is 0 Å². The molecule has 0 radical (unpaired) electrons. The minimum absolute atomic E-state index is 0.505. The van der Waals surface area contributed by atoms with Gasteiger partial charge in [-0.1, -0.05) is 66.7 Å². The molecule has 0 heterocycles. The summed E-state index contributed by atoms with van der Waals surface area (Å²) in [6.45, 7) is 0. The van der Waals surface area contributed by atoms with Gasteiger partial charge < -0.3 is 5.73 Å². The summed E-state index contributed by atoms with van der Waals surface area (Å²) in [6, 6.07) is 19.6. The van der Waals surface area contributed by atoms with E-state index in [0.717, 1.165) is 17.7 Å². The summed E-state index contributed by atoms with van der Waals surface area (Å²) in [5, 5.41) is 0. The molecule has 146 valence electrons. The number of nitrogens with two attached hydrogens (primary N) is 1. The summed E-state index contributed by atoms with van der Waals surface area (Å²) in [7, 11) is -4.09. The van der Waals surface area contributed by atoms with Gasteiger partial charge in [0, 0.05) is 5.56 Å². The topological polar surface area (TPSA) is 72.2 Å². The molecule has 0 spiro atoms. The lowest BCUT2D eigenvalue weighted by molar-refractivity contribution is 0.500. The number of hydrogen-bond acceptors (Lipinski definition) is 3. The van der Waals surface area contributed by atoms with Gasteiger partial charge >= 0.3 is 0 Å². The van der Waals surface area contributed by atoms with Crippen LogP contribution in [-0.4, -0.2) is 8.42 Å². The number of sulfonamides is 1. The van der Waals surface area contributed by atoms with E-state index < -0.39 is 45.1 Å². The van der Waals surface area contributed by atoms with Crippen molar-refractivity contribution < 1.29 is 17.2 Å². The van der Waals surface area contributed by atoms with Crippen molar-refractivity contribution in [2.45, 2.75) is 17.8 Å². The second kappa shape index (κ2) is 8.60. The van der Waals surface area contributed by atoms with Crippen LogP contribution in [0.15, 0.2) is 78.9 Å². The molecule has 0 aliphatic heterocycles. The highest BCUT2D eigenvalue weighted by molar-refractivity contribution is 7.88. The molecule has 0 saturated carbocycles. The summed E-state index contributed by atoms with van der Waals surface area (Å²) in [5.74, 6) is -2.64. The average Bonchev–Trinajstić information content (AvgIpc) is 2.70. The van der Waals surface area contributed by atoms with Crippen molar-refractivity contribution in [1.82, 2.24) is 4.72 Å². The highest BCUT2D eigenvalue weighted by Gasteiger charge is 2.28. The van der Waals surface area contributed by atoms with E-state index in [1.165, 1.54) is 6.07 Å². The fourth-order valence-electron chi connectivity index (χ4n) is 2.97. The molecule has 3 aromatic rings. The van der Waals surface area contributed by atoms with E-state index in [0.29, 0.717) is 5.56 Å². The van der Waals surface area contributed by atoms with Crippen molar-refractivity contribution >= 4 is 10.0 Å². The lowest BCUT2D eigenvalue weighted by atomic mass is 9.95. The fourth-order valence-corrected chi connectivity index (χ4v) is 4.38. The number of nitrogens with one attached hydrogen (secondary N) is 1. The zero-order chi connectivity index (χ0) is 20.1. The molecule has 3 aromatic carbocycles. The van der Waals surface area contributed by atoms with Crippen LogP contribution in [0.4, 0.5) is 8.78 Å². The fraction of sp³-hybridized carbons (Fsp3) is 0.143. The molecule has 0 amide bonds. The van der Waals surface area contributed by atoms with Gasteiger partial charge in [0.2, 0.25) is 10.0 Å². The van der Waals surface area contributed by atoms with Crippen LogP contribution in [0, 0.1) is 11.6 Å². The van der Waals surface area contributed by atoms with Crippen LogP contribution in [0.5, 0.6) is 0 Å². The van der Waals surface area contributed by atoms with Crippen LogP contribution in [0.25, 0.3) is 0 Å². The van der Waals surface area contributed by atoms with Crippen LogP contribution < -0.4 is 10.5 Å². The van der Waals surface area contributed by atoms with Crippen LogP contribution in [0.3, 0.4) is 0 Å². The molecule has 3 rings (SSSR count). The number of halogens is 2. The third kappa shape index (κ3) is 4.81. The summed E-state index contributed by atoms with van der Waals surface area (Å²) < 4.78 is 55.8. The molecule has 0 aromatic heterocycles. The van der Waals surface area contributed by atoms with Crippen LogP contribution >= 0.6 is 0 Å².